The van der Waals surface area contributed by atoms with Crippen LogP contribution in [0.5, 0.6) is 0 Å². The number of fused-ring (bicyclic) bond motifs is 2. The predicted octanol–water partition coefficient (Wildman–Crippen LogP) is 5.85. The van der Waals surface area contributed by atoms with Crippen molar-refractivity contribution in [3.8, 4) is 0 Å². The van der Waals surface area contributed by atoms with Crippen molar-refractivity contribution in [2.45, 2.75) is 85.4 Å². The molecule has 1 unspecified atom stereocenters. The van der Waals surface area contributed by atoms with Gasteiger partial charge in [0, 0.05) is 17.9 Å². The standard InChI is InChI=1S/C24H34O4/c1-6-7-12-20(27-16(2)25)18-10-8-9-11-19(18)22(26)28-21-15-17-13-14-24(21,5)23(17,3)4/h8-11,17,20-21H,6-7,12-15H2,1-5H3/t17-,20?,21+,24+/m0/s1. The van der Waals surface area contributed by atoms with Gasteiger partial charge in [-0.15, -0.1) is 0 Å². The molecule has 0 aromatic heterocycles. The number of carbonyl (C=O) groups excluding carboxylic acids is 2. The smallest absolute Gasteiger partial charge is 0.338 e. The summed E-state index contributed by atoms with van der Waals surface area (Å²) in [6.45, 7) is 10.4. The Morgan fingerprint density at radius 2 is 1.93 bits per heavy atom. The molecule has 154 valence electrons. The molecule has 0 spiro atoms. The van der Waals surface area contributed by atoms with Gasteiger partial charge in [0.2, 0.25) is 0 Å². The van der Waals surface area contributed by atoms with Crippen molar-refractivity contribution in [1.29, 1.82) is 0 Å². The van der Waals surface area contributed by atoms with Crippen LogP contribution in [0.3, 0.4) is 0 Å². The molecule has 1 aromatic carbocycles. The van der Waals surface area contributed by atoms with Gasteiger partial charge in [-0.2, -0.15) is 0 Å². The first-order valence-corrected chi connectivity index (χ1v) is 10.7. The van der Waals surface area contributed by atoms with Crippen LogP contribution < -0.4 is 0 Å². The van der Waals surface area contributed by atoms with Crippen molar-refractivity contribution < 1.29 is 19.1 Å². The first-order valence-electron chi connectivity index (χ1n) is 10.7. The van der Waals surface area contributed by atoms with Crippen LogP contribution in [0.2, 0.25) is 0 Å². The predicted molar refractivity (Wildman–Crippen MR) is 109 cm³/mol. The fourth-order valence-corrected chi connectivity index (χ4v) is 5.33. The summed E-state index contributed by atoms with van der Waals surface area (Å²) >= 11 is 0. The molecular weight excluding hydrogens is 352 g/mol. The van der Waals surface area contributed by atoms with Gasteiger partial charge < -0.3 is 9.47 Å². The van der Waals surface area contributed by atoms with Crippen LogP contribution in [-0.2, 0) is 14.3 Å². The molecule has 1 aromatic rings. The van der Waals surface area contributed by atoms with Crippen molar-refractivity contribution in [2.24, 2.45) is 16.7 Å². The van der Waals surface area contributed by atoms with E-state index in [9.17, 15) is 9.59 Å². The molecule has 0 N–H and O–H groups in total. The topological polar surface area (TPSA) is 52.6 Å². The maximum atomic E-state index is 13.2. The highest BCUT2D eigenvalue weighted by atomic mass is 16.6. The Balaban J connectivity index is 1.82. The van der Waals surface area contributed by atoms with E-state index in [1.165, 1.54) is 13.3 Å². The molecule has 2 aliphatic rings. The molecule has 0 saturated heterocycles. The van der Waals surface area contributed by atoms with Gasteiger partial charge in [0.1, 0.15) is 12.2 Å². The van der Waals surface area contributed by atoms with Gasteiger partial charge in [0.15, 0.2) is 0 Å². The van der Waals surface area contributed by atoms with E-state index in [0.29, 0.717) is 17.9 Å². The number of esters is 2. The SMILES string of the molecule is CCCCC(OC(C)=O)c1ccccc1C(=O)O[C@@H]1C[C@@H]2CC[C@@]1(C)C2(C)C. The molecule has 0 radical (unpaired) electrons. The molecule has 2 bridgehead atoms. The van der Waals surface area contributed by atoms with Crippen LogP contribution in [0, 0.1) is 16.7 Å². The zero-order chi connectivity index (χ0) is 20.5. The summed E-state index contributed by atoms with van der Waals surface area (Å²) in [5, 5.41) is 0. The molecule has 4 nitrogen and oxygen atoms in total. The summed E-state index contributed by atoms with van der Waals surface area (Å²) in [6.07, 6.45) is 5.45. The molecule has 4 heteroatoms. The van der Waals surface area contributed by atoms with E-state index in [2.05, 4.69) is 27.7 Å². The third kappa shape index (κ3) is 3.58. The van der Waals surface area contributed by atoms with Crippen molar-refractivity contribution in [3.63, 3.8) is 0 Å². The fraction of sp³-hybridized carbons (Fsp3) is 0.667. The van der Waals surface area contributed by atoms with Gasteiger partial charge in [-0.1, -0.05) is 52.3 Å². The number of benzene rings is 1. The van der Waals surface area contributed by atoms with Crippen LogP contribution in [0.4, 0.5) is 0 Å². The van der Waals surface area contributed by atoms with Crippen molar-refractivity contribution >= 4 is 11.9 Å². The van der Waals surface area contributed by atoms with Crippen LogP contribution in [0.15, 0.2) is 24.3 Å². The Morgan fingerprint density at radius 3 is 2.50 bits per heavy atom. The van der Waals surface area contributed by atoms with Gasteiger partial charge in [0.25, 0.3) is 0 Å². The monoisotopic (exact) mass is 386 g/mol. The number of carbonyl (C=O) groups is 2. The van der Waals surface area contributed by atoms with Crippen LogP contribution >= 0.6 is 0 Å². The normalized spacial score (nSPS) is 28.8. The molecule has 0 amide bonds. The third-order valence-electron chi connectivity index (χ3n) is 7.62. The van der Waals surface area contributed by atoms with Crippen LogP contribution in [0.1, 0.15) is 95.2 Å². The third-order valence-corrected chi connectivity index (χ3v) is 7.62. The Labute approximate surface area is 169 Å². The number of hydrogen-bond donors (Lipinski definition) is 0. The van der Waals surface area contributed by atoms with E-state index in [0.717, 1.165) is 31.2 Å². The lowest BCUT2D eigenvalue weighted by Crippen LogP contribution is -2.38. The van der Waals surface area contributed by atoms with E-state index in [-0.39, 0.29) is 28.9 Å². The maximum Gasteiger partial charge on any atom is 0.338 e. The zero-order valence-electron chi connectivity index (χ0n) is 17.9. The number of hydrogen-bond acceptors (Lipinski definition) is 4. The maximum absolute atomic E-state index is 13.2. The lowest BCUT2D eigenvalue weighted by atomic mass is 9.70. The molecule has 28 heavy (non-hydrogen) atoms. The first-order chi connectivity index (χ1) is 13.2. The van der Waals surface area contributed by atoms with Crippen molar-refractivity contribution in [2.75, 3.05) is 0 Å². The quantitative estimate of drug-likeness (QED) is 0.551. The largest absolute Gasteiger partial charge is 0.458 e. The van der Waals surface area contributed by atoms with Crippen molar-refractivity contribution in [3.05, 3.63) is 35.4 Å². The first kappa shape index (κ1) is 20.9. The van der Waals surface area contributed by atoms with Gasteiger partial charge in [-0.05, 0) is 49.5 Å². The molecular formula is C24H34O4. The average Bonchev–Trinajstić information content (AvgIpc) is 2.98. The minimum Gasteiger partial charge on any atom is -0.458 e. The lowest BCUT2D eigenvalue weighted by Gasteiger charge is -2.38. The highest BCUT2D eigenvalue weighted by molar-refractivity contribution is 5.91. The number of rotatable bonds is 7. The van der Waals surface area contributed by atoms with Gasteiger partial charge in [0.05, 0.1) is 5.56 Å². The molecule has 3 rings (SSSR count). The molecule has 2 saturated carbocycles. The summed E-state index contributed by atoms with van der Waals surface area (Å²) < 4.78 is 11.6. The Morgan fingerprint density at radius 1 is 1.21 bits per heavy atom. The molecule has 2 fully saturated rings. The van der Waals surface area contributed by atoms with Gasteiger partial charge in [-0.3, -0.25) is 4.79 Å². The Hall–Kier alpha value is -1.84. The van der Waals surface area contributed by atoms with E-state index < -0.39 is 6.10 Å². The van der Waals surface area contributed by atoms with E-state index in [1.54, 1.807) is 6.07 Å². The summed E-state index contributed by atoms with van der Waals surface area (Å²) in [5.41, 5.74) is 1.50. The second-order valence-electron chi connectivity index (χ2n) is 9.33. The summed E-state index contributed by atoms with van der Waals surface area (Å²) in [4.78, 5) is 24.8. The fourth-order valence-electron chi connectivity index (χ4n) is 5.33. The number of ether oxygens (including phenoxy) is 2. The highest BCUT2D eigenvalue weighted by Crippen LogP contribution is 2.66. The van der Waals surface area contributed by atoms with Gasteiger partial charge in [-0.25, -0.2) is 4.79 Å². The minimum absolute atomic E-state index is 0.0275. The van der Waals surface area contributed by atoms with E-state index >= 15 is 0 Å². The highest BCUT2D eigenvalue weighted by Gasteiger charge is 2.62. The Kier molecular flexibility index (Phi) is 5.88. The molecule has 2 aliphatic carbocycles. The van der Waals surface area contributed by atoms with Gasteiger partial charge >= 0.3 is 11.9 Å². The van der Waals surface area contributed by atoms with E-state index in [1.807, 2.05) is 18.2 Å². The lowest BCUT2D eigenvalue weighted by molar-refractivity contribution is -0.147. The summed E-state index contributed by atoms with van der Waals surface area (Å²) in [6, 6.07) is 7.40. The summed E-state index contributed by atoms with van der Waals surface area (Å²) in [7, 11) is 0. The Bertz CT molecular complexity index is 738. The van der Waals surface area contributed by atoms with Crippen LogP contribution in [-0.4, -0.2) is 18.0 Å². The number of unbranched alkanes of at least 4 members (excludes halogenated alkanes) is 1. The van der Waals surface area contributed by atoms with E-state index in [4.69, 9.17) is 9.47 Å². The summed E-state index contributed by atoms with van der Waals surface area (Å²) in [5.74, 6) is -0.00523. The second kappa shape index (κ2) is 7.88. The van der Waals surface area contributed by atoms with Crippen LogP contribution in [0.25, 0.3) is 0 Å². The zero-order valence-corrected chi connectivity index (χ0v) is 17.9. The molecule has 0 aliphatic heterocycles. The average molecular weight is 387 g/mol. The molecule has 4 atom stereocenters. The van der Waals surface area contributed by atoms with Crippen molar-refractivity contribution in [1.82, 2.24) is 0 Å². The second-order valence-corrected chi connectivity index (χ2v) is 9.33. The molecule has 0 heterocycles. The minimum atomic E-state index is -0.409.